The van der Waals surface area contributed by atoms with Crippen molar-refractivity contribution >= 4 is 15.9 Å². The van der Waals surface area contributed by atoms with Gasteiger partial charge in [-0.15, -0.1) is 0 Å². The maximum Gasteiger partial charge on any atom is 0.0575 e. The predicted octanol–water partition coefficient (Wildman–Crippen LogP) is 3.76. The molecule has 0 heterocycles. The highest BCUT2D eigenvalue weighted by molar-refractivity contribution is 9.09. The Morgan fingerprint density at radius 2 is 1.86 bits per heavy atom. The molecule has 2 heteroatoms. The van der Waals surface area contributed by atoms with Crippen molar-refractivity contribution in [3.63, 3.8) is 0 Å². The van der Waals surface area contributed by atoms with Crippen LogP contribution in [0.15, 0.2) is 0 Å². The van der Waals surface area contributed by atoms with Gasteiger partial charge in [0.25, 0.3) is 0 Å². The molecule has 0 aliphatic heterocycles. The number of alkyl halides is 1. The van der Waals surface area contributed by atoms with Gasteiger partial charge in [-0.1, -0.05) is 22.9 Å². The van der Waals surface area contributed by atoms with Crippen molar-refractivity contribution < 1.29 is 4.74 Å². The van der Waals surface area contributed by atoms with Crippen molar-refractivity contribution in [2.75, 3.05) is 11.9 Å². The summed E-state index contributed by atoms with van der Waals surface area (Å²) < 4.78 is 6.02. The van der Waals surface area contributed by atoms with E-state index in [1.807, 2.05) is 0 Å². The Labute approximate surface area is 95.7 Å². The molecule has 0 aromatic carbocycles. The lowest BCUT2D eigenvalue weighted by Gasteiger charge is -2.27. The first-order valence-electron chi connectivity index (χ1n) is 5.92. The molecule has 0 amide bonds. The fourth-order valence-electron chi connectivity index (χ4n) is 2.18. The summed E-state index contributed by atoms with van der Waals surface area (Å²) in [6, 6.07) is 0. The first-order valence-corrected chi connectivity index (χ1v) is 7.04. The summed E-state index contributed by atoms with van der Waals surface area (Å²) in [4.78, 5) is 0. The van der Waals surface area contributed by atoms with E-state index in [-0.39, 0.29) is 0 Å². The van der Waals surface area contributed by atoms with E-state index in [2.05, 4.69) is 22.9 Å². The summed E-state index contributed by atoms with van der Waals surface area (Å²) in [5.74, 6) is 0.931. The summed E-state index contributed by atoms with van der Waals surface area (Å²) >= 11 is 3.59. The number of halogens is 1. The van der Waals surface area contributed by atoms with Crippen LogP contribution in [0.3, 0.4) is 0 Å². The molecule has 82 valence electrons. The fourth-order valence-corrected chi connectivity index (χ4v) is 2.91. The van der Waals surface area contributed by atoms with Crippen LogP contribution in [-0.4, -0.2) is 18.0 Å². The molecule has 2 aliphatic rings. The maximum atomic E-state index is 6.02. The fraction of sp³-hybridized carbons (Fsp3) is 1.00. The van der Waals surface area contributed by atoms with Crippen molar-refractivity contribution in [3.05, 3.63) is 0 Å². The monoisotopic (exact) mass is 260 g/mol. The Morgan fingerprint density at radius 1 is 1.21 bits per heavy atom. The van der Waals surface area contributed by atoms with Gasteiger partial charge in [0, 0.05) is 10.7 Å². The van der Waals surface area contributed by atoms with Crippen molar-refractivity contribution in [2.24, 2.45) is 11.3 Å². The Morgan fingerprint density at radius 3 is 2.36 bits per heavy atom. The highest BCUT2D eigenvalue weighted by atomic mass is 79.9. The summed E-state index contributed by atoms with van der Waals surface area (Å²) in [6.45, 7) is 3.36. The molecule has 14 heavy (non-hydrogen) atoms. The van der Waals surface area contributed by atoms with E-state index in [1.54, 1.807) is 0 Å². The predicted molar refractivity (Wildman–Crippen MR) is 62.8 cm³/mol. The van der Waals surface area contributed by atoms with Gasteiger partial charge in [0.05, 0.1) is 12.7 Å². The smallest absolute Gasteiger partial charge is 0.0575 e. The molecule has 0 spiro atoms. The molecule has 1 nitrogen and oxygen atoms in total. The highest BCUT2D eigenvalue weighted by Gasteiger charge is 2.42. The van der Waals surface area contributed by atoms with Gasteiger partial charge in [0.15, 0.2) is 0 Å². The van der Waals surface area contributed by atoms with Crippen LogP contribution in [0.25, 0.3) is 0 Å². The topological polar surface area (TPSA) is 9.23 Å². The van der Waals surface area contributed by atoms with E-state index in [1.165, 1.54) is 38.5 Å². The SMILES string of the molecule is CC1CCC(OCC2(CBr)CC2)CC1. The van der Waals surface area contributed by atoms with Crippen LogP contribution in [0.5, 0.6) is 0 Å². The van der Waals surface area contributed by atoms with Crippen LogP contribution in [0.4, 0.5) is 0 Å². The van der Waals surface area contributed by atoms with Crippen LogP contribution in [0.1, 0.15) is 45.4 Å². The van der Waals surface area contributed by atoms with E-state index in [0.29, 0.717) is 11.5 Å². The van der Waals surface area contributed by atoms with Gasteiger partial charge in [-0.3, -0.25) is 0 Å². The first-order chi connectivity index (χ1) is 6.74. The third-order valence-corrected chi connectivity index (χ3v) is 5.02. The molecule has 2 aliphatic carbocycles. The zero-order valence-electron chi connectivity index (χ0n) is 9.10. The van der Waals surface area contributed by atoms with E-state index in [0.717, 1.165) is 17.9 Å². The van der Waals surface area contributed by atoms with Crippen molar-refractivity contribution in [3.8, 4) is 0 Å². The zero-order chi connectivity index (χ0) is 10.0. The largest absolute Gasteiger partial charge is 0.378 e. The molecule has 0 radical (unpaired) electrons. The van der Waals surface area contributed by atoms with Gasteiger partial charge < -0.3 is 4.74 Å². The van der Waals surface area contributed by atoms with Crippen molar-refractivity contribution in [1.82, 2.24) is 0 Å². The molecule has 0 aromatic heterocycles. The van der Waals surface area contributed by atoms with Gasteiger partial charge in [-0.2, -0.15) is 0 Å². The van der Waals surface area contributed by atoms with Gasteiger partial charge in [-0.05, 0) is 44.4 Å². The van der Waals surface area contributed by atoms with Crippen LogP contribution in [-0.2, 0) is 4.74 Å². The number of rotatable bonds is 4. The number of hydrogen-bond donors (Lipinski definition) is 0. The minimum absolute atomic E-state index is 0.531. The van der Waals surface area contributed by atoms with Crippen molar-refractivity contribution in [2.45, 2.75) is 51.6 Å². The van der Waals surface area contributed by atoms with Gasteiger partial charge >= 0.3 is 0 Å². The lowest BCUT2D eigenvalue weighted by atomic mass is 9.89. The second kappa shape index (κ2) is 4.52. The molecule has 0 bridgehead atoms. The second-order valence-corrected chi connectivity index (χ2v) is 5.89. The first kappa shape index (κ1) is 10.9. The molecule has 2 fully saturated rings. The molecule has 2 saturated carbocycles. The maximum absolute atomic E-state index is 6.02. The minimum Gasteiger partial charge on any atom is -0.378 e. The Hall–Kier alpha value is 0.440. The third-order valence-electron chi connectivity index (χ3n) is 3.83. The van der Waals surface area contributed by atoms with Gasteiger partial charge in [0.1, 0.15) is 0 Å². The zero-order valence-corrected chi connectivity index (χ0v) is 10.7. The lowest BCUT2D eigenvalue weighted by molar-refractivity contribution is -0.000603. The number of hydrogen-bond acceptors (Lipinski definition) is 1. The molecule has 0 unspecified atom stereocenters. The van der Waals surface area contributed by atoms with Gasteiger partial charge in [-0.25, -0.2) is 0 Å². The molecule has 0 N–H and O–H groups in total. The molecule has 0 aromatic rings. The average molecular weight is 261 g/mol. The molecular formula is C12H21BrO. The van der Waals surface area contributed by atoms with Crippen LogP contribution in [0.2, 0.25) is 0 Å². The Bertz CT molecular complexity index is 181. The lowest BCUT2D eigenvalue weighted by Crippen LogP contribution is -2.24. The van der Waals surface area contributed by atoms with E-state index in [4.69, 9.17) is 4.74 Å². The van der Waals surface area contributed by atoms with Gasteiger partial charge in [0.2, 0.25) is 0 Å². The minimum atomic E-state index is 0.531. The second-order valence-electron chi connectivity index (χ2n) is 5.33. The van der Waals surface area contributed by atoms with Crippen molar-refractivity contribution in [1.29, 1.82) is 0 Å². The summed E-state index contributed by atoms with van der Waals surface area (Å²) in [5.41, 5.74) is 0.531. The molecule has 2 rings (SSSR count). The molecule has 0 atom stereocenters. The van der Waals surface area contributed by atoms with E-state index in [9.17, 15) is 0 Å². The van der Waals surface area contributed by atoms with E-state index < -0.39 is 0 Å². The highest BCUT2D eigenvalue weighted by Crippen LogP contribution is 2.47. The quantitative estimate of drug-likeness (QED) is 0.700. The summed E-state index contributed by atoms with van der Waals surface area (Å²) in [5, 5.41) is 1.13. The van der Waals surface area contributed by atoms with Crippen LogP contribution < -0.4 is 0 Å². The standard InChI is InChI=1S/C12H21BrO/c1-10-2-4-11(5-3-10)14-9-12(8-13)6-7-12/h10-11H,2-9H2,1H3. The summed E-state index contributed by atoms with van der Waals surface area (Å²) in [7, 11) is 0. The average Bonchev–Trinajstić information content (AvgIpc) is 2.98. The normalized spacial score (nSPS) is 35.6. The third kappa shape index (κ3) is 2.73. The van der Waals surface area contributed by atoms with E-state index >= 15 is 0 Å². The Kier molecular flexibility index (Phi) is 3.54. The molecular weight excluding hydrogens is 240 g/mol. The van der Waals surface area contributed by atoms with Crippen LogP contribution >= 0.6 is 15.9 Å². The Balaban J connectivity index is 1.66. The summed E-state index contributed by atoms with van der Waals surface area (Å²) in [6.07, 6.45) is 8.61. The number of ether oxygens (including phenoxy) is 1. The molecule has 0 saturated heterocycles. The van der Waals surface area contributed by atoms with Crippen LogP contribution in [0, 0.1) is 11.3 Å².